The molecule has 2 aromatic heterocycles. The number of methoxy groups -OCH3 is 2. The Kier molecular flexibility index (Phi) is 47.6. The molecule has 0 aliphatic heterocycles. The number of nitro groups is 2. The van der Waals surface area contributed by atoms with Gasteiger partial charge in [0.2, 0.25) is 0 Å². The molecule has 0 amide bonds. The van der Waals surface area contributed by atoms with Crippen LogP contribution in [-0.2, 0) is 0 Å². The zero-order valence-electron chi connectivity index (χ0n) is 61.2. The predicted molar refractivity (Wildman–Crippen MR) is 422 cm³/mol. The smallest absolute Gasteiger partial charge is 0.870 e. The number of hydrogen-bond donors (Lipinski definition) is 3. The third-order valence-corrected chi connectivity index (χ3v) is 16.6. The van der Waals surface area contributed by atoms with E-state index < -0.39 is 57.3 Å². The van der Waals surface area contributed by atoms with E-state index in [0.29, 0.717) is 38.1 Å². The van der Waals surface area contributed by atoms with E-state index in [9.17, 15) is 46.6 Å². The molecule has 8 aromatic carbocycles. The second kappa shape index (κ2) is 49.6. The minimum Gasteiger partial charge on any atom is -0.870 e. The summed E-state index contributed by atoms with van der Waals surface area (Å²) in [5.74, 6) is 9.86. The number of benzene rings is 8. The summed E-state index contributed by atoms with van der Waals surface area (Å²) in [5, 5.41) is 26.0. The first-order chi connectivity index (χ1) is 47.7. The molecule has 2 heterocycles. The van der Waals surface area contributed by atoms with Gasteiger partial charge in [-0.25, -0.2) is 46.3 Å². The average molecular weight is 1690 g/mol. The van der Waals surface area contributed by atoms with Crippen molar-refractivity contribution in [3.05, 3.63) is 255 Å². The first-order valence-electron chi connectivity index (χ1n) is 30.1. The fraction of sp³-hybridized carbons (Fsp3) is 0.173. The third kappa shape index (κ3) is 37.3. The largest absolute Gasteiger partial charge is 1.00 e. The molecule has 0 spiro atoms. The Labute approximate surface area is 698 Å². The van der Waals surface area contributed by atoms with E-state index in [0.717, 1.165) is 74.8 Å². The van der Waals surface area contributed by atoms with Gasteiger partial charge in [-0.2, -0.15) is 0 Å². The molecule has 0 aliphatic carbocycles. The fourth-order valence-electron chi connectivity index (χ4n) is 7.31. The van der Waals surface area contributed by atoms with Gasteiger partial charge in [0.25, 0.3) is 11.4 Å². The number of anilines is 4. The van der Waals surface area contributed by atoms with Gasteiger partial charge in [-0.15, -0.1) is 35.9 Å². The molecule has 10 rings (SSSR count). The van der Waals surface area contributed by atoms with Crippen LogP contribution in [0.25, 0.3) is 21.8 Å². The van der Waals surface area contributed by atoms with Crippen molar-refractivity contribution in [1.82, 2.24) is 19.9 Å². The third-order valence-electron chi connectivity index (χ3n) is 12.5. The second-order valence-electron chi connectivity index (χ2n) is 24.2. The summed E-state index contributed by atoms with van der Waals surface area (Å²) in [6, 6.07) is 33.9. The van der Waals surface area contributed by atoms with Crippen LogP contribution >= 0.6 is 43.5 Å². The first kappa shape index (κ1) is 103. The van der Waals surface area contributed by atoms with Crippen LogP contribution in [-0.4, -0.2) is 84.7 Å². The van der Waals surface area contributed by atoms with Crippen molar-refractivity contribution in [2.75, 3.05) is 31.0 Å². The van der Waals surface area contributed by atoms with Gasteiger partial charge in [0.15, 0.2) is 0 Å². The Bertz CT molecular complexity index is 4890. The van der Waals surface area contributed by atoms with Gasteiger partial charge in [-0.05, 0) is 148 Å². The summed E-state index contributed by atoms with van der Waals surface area (Å²) in [6.07, 6.45) is 18.3. The number of fused-ring (bicyclic) bond motifs is 2. The van der Waals surface area contributed by atoms with E-state index in [4.69, 9.17) is 51.8 Å². The van der Waals surface area contributed by atoms with Gasteiger partial charge >= 0.3 is 70.2 Å². The Hall–Kier alpha value is -8.37. The van der Waals surface area contributed by atoms with Crippen molar-refractivity contribution in [3.63, 3.8) is 0 Å². The number of rotatable bonds is 6. The molecule has 9 N–H and O–H groups in total. The predicted octanol–water partition coefficient (Wildman–Crippen LogP) is 12.8. The molecular formula is C75H76Br2ClF6KLiN9O9Si3. The van der Waals surface area contributed by atoms with Crippen molar-refractivity contribution >= 4 is 124 Å². The number of terminal acetylenes is 3. The van der Waals surface area contributed by atoms with E-state index in [-0.39, 0.29) is 131 Å². The molecule has 0 atom stereocenters. The number of non-ortho nitro benzene ring substituents is 2. The number of ether oxygens (including phenoxy) is 2. The quantitative estimate of drug-likeness (QED) is 0.0265. The SMILES string of the molecule is C#C[Si](C)(C)C.C#Cc1cc(N)ccc1F.C#Cc1cc(Nc2ncnc3cc(OC)c(C)cc23)ccc1F.COc1cc2ncnc(Cl)c2cc1C.C[Si](C)(C)C#Cc1cc(N)ccc1F.C[Si](C)(C)C#Cc1cc([N+](=O)[O-])ccc1F.Fc1ccccc1Br.O.O=[N+]([O-])c1ccc(F)c(Br)c1.[K+].[Li+].[OH-].[OH-]. The van der Waals surface area contributed by atoms with Gasteiger partial charge in [0.05, 0.1) is 66.3 Å². The molecule has 107 heavy (non-hydrogen) atoms. The normalized spacial score (nSPS) is 9.64. The van der Waals surface area contributed by atoms with Crippen molar-refractivity contribution in [2.45, 2.75) is 72.8 Å². The summed E-state index contributed by atoms with van der Waals surface area (Å²) in [5.41, 5.74) is 25.6. The van der Waals surface area contributed by atoms with Crippen LogP contribution in [0.5, 0.6) is 11.5 Å². The maximum atomic E-state index is 13.5. The number of nitrogens with zero attached hydrogens (tertiary/aromatic N) is 6. The number of aryl methyl sites for hydroxylation is 2. The Morgan fingerprint density at radius 1 is 0.514 bits per heavy atom. The van der Waals surface area contributed by atoms with Crippen LogP contribution in [0.1, 0.15) is 33.4 Å². The van der Waals surface area contributed by atoms with Crippen LogP contribution in [0.4, 0.5) is 60.6 Å². The van der Waals surface area contributed by atoms with Crippen LogP contribution in [0.2, 0.25) is 64.1 Å². The molecule has 0 bridgehead atoms. The van der Waals surface area contributed by atoms with Gasteiger partial charge in [0.1, 0.15) is 94.2 Å². The van der Waals surface area contributed by atoms with Crippen molar-refractivity contribution < 1.29 is 132 Å². The number of halogens is 9. The van der Waals surface area contributed by atoms with E-state index in [1.54, 1.807) is 50.6 Å². The van der Waals surface area contributed by atoms with Gasteiger partial charge < -0.3 is 42.7 Å². The topological polar surface area (TPSA) is 312 Å². The summed E-state index contributed by atoms with van der Waals surface area (Å²) < 4.78 is 88.4. The molecule has 10 aromatic rings. The minimum atomic E-state index is -1.61. The van der Waals surface area contributed by atoms with Crippen LogP contribution in [0, 0.1) is 129 Å². The van der Waals surface area contributed by atoms with Crippen molar-refractivity contribution in [2.24, 2.45) is 0 Å². The number of aromatic nitrogens is 4. The summed E-state index contributed by atoms with van der Waals surface area (Å²) >= 11 is 11.8. The molecule has 0 saturated carbocycles. The summed E-state index contributed by atoms with van der Waals surface area (Å²) in [4.78, 5) is 36.1. The average Bonchev–Trinajstić information content (AvgIpc) is 0.804. The zero-order valence-corrected chi connectivity index (χ0v) is 71.3. The summed E-state index contributed by atoms with van der Waals surface area (Å²) in [6.45, 7) is 22.8. The number of hydrogen-bond acceptors (Lipinski definition) is 15. The molecule has 0 saturated heterocycles. The molecule has 32 heteroatoms. The monoisotopic (exact) mass is 1680 g/mol. The molecule has 0 radical (unpaired) electrons. The Morgan fingerprint density at radius 2 is 0.897 bits per heavy atom. The Morgan fingerprint density at radius 3 is 1.31 bits per heavy atom. The van der Waals surface area contributed by atoms with Gasteiger partial charge in [-0.1, -0.05) is 106 Å². The van der Waals surface area contributed by atoms with Crippen LogP contribution in [0.15, 0.2) is 161 Å². The maximum Gasteiger partial charge on any atom is 1.00 e. The molecule has 552 valence electrons. The number of nitro benzene ring substituents is 2. The molecule has 18 nitrogen and oxygen atoms in total. The minimum absolute atomic E-state index is 0. The first-order valence-corrected chi connectivity index (χ1v) is 42.5. The standard InChI is InChI=1S/C18H14FN3O.C11H12FNO2Si.C11H14FNSi.C10H9ClN2O.C8H6FN.C6H3BrFNO2.C6H4BrF.C5H10Si.K.Li.3H2O/c1-4-12-8-13(5-6-15(12)19)22-18-14-7-11(2)17(23-3)9-16(14)20-10-21-18;1-16(2,3)7-6-9-8-10(13(14)15)4-5-11(9)12;1-14(2,3)7-6-9-8-10(13)4-5-11(9)12;1-6-3-7-8(4-9(6)14-2)12-5-13-10(7)11;1-2-6-5-7(10)3-4-8(6)9;7-5-3-4(9(10)11)1-2-6(5)8;7-5-3-1-2-4-6(5)8;1-5-6(2,3)4;;;;;/h1,5-10H,2-3H3,(H,20,21,22);4-5,8H,1-3H3;4-5,8H,13H2,1-3H3;3-5H,1-2H3;1,3-5H,10H2;1-3H;1-4H;1H,2-4H3;;;3*1H2/q;;;;;;;;2*+1;;;/p-2. The molecule has 0 fully saturated rings. The van der Waals surface area contributed by atoms with Crippen molar-refractivity contribution in [1.29, 1.82) is 0 Å². The van der Waals surface area contributed by atoms with E-state index in [1.807, 2.05) is 57.8 Å². The second-order valence-corrected chi connectivity index (χ2v) is 40.6. The zero-order chi connectivity index (χ0) is 76.8. The van der Waals surface area contributed by atoms with Gasteiger partial charge in [-0.3, -0.25) is 20.2 Å². The van der Waals surface area contributed by atoms with E-state index in [2.05, 4.69) is 137 Å². The fourth-order valence-corrected chi connectivity index (χ4v) is 9.17. The number of nitrogen functional groups attached to an aromatic ring is 2. The van der Waals surface area contributed by atoms with Gasteiger partial charge in [0, 0.05) is 64.2 Å². The number of nitrogens with two attached hydrogens (primary N) is 2. The van der Waals surface area contributed by atoms with E-state index >= 15 is 0 Å². The Balaban J connectivity index is -0.00000118. The van der Waals surface area contributed by atoms with Crippen LogP contribution in [0.3, 0.4) is 0 Å². The maximum absolute atomic E-state index is 13.5. The van der Waals surface area contributed by atoms with E-state index in [1.165, 1.54) is 61.2 Å². The van der Waals surface area contributed by atoms with Crippen molar-refractivity contribution in [3.8, 4) is 71.1 Å². The van der Waals surface area contributed by atoms with Crippen LogP contribution < -0.4 is 96.5 Å². The molecule has 0 aliphatic rings. The number of nitrogens with one attached hydrogen (secondary N) is 1. The summed E-state index contributed by atoms with van der Waals surface area (Å²) in [7, 11) is -0.902. The molecule has 0 unspecified atom stereocenters. The molecular weight excluding hydrogens is 1610 g/mol.